The standard InChI is InChI=1S/C18H21ClN4O2/c19-15-3-1-4-16(12-15)21-18(25)23-8-2-7-22(9-10-23)17(24)11-14-5-6-20-13-14/h1,3-6,12-13,20H,2,7-11H2,(H,21,25). The minimum atomic E-state index is -0.165. The van der Waals surface area contributed by atoms with Gasteiger partial charge in [0.2, 0.25) is 5.91 Å². The summed E-state index contributed by atoms with van der Waals surface area (Å²) in [6, 6.07) is 8.81. The number of carbonyl (C=O) groups is 2. The molecule has 0 spiro atoms. The summed E-state index contributed by atoms with van der Waals surface area (Å²) in [7, 11) is 0. The van der Waals surface area contributed by atoms with Gasteiger partial charge < -0.3 is 20.1 Å². The van der Waals surface area contributed by atoms with Gasteiger partial charge in [0.05, 0.1) is 6.42 Å². The summed E-state index contributed by atoms with van der Waals surface area (Å²) in [5.41, 5.74) is 1.65. The Balaban J connectivity index is 1.54. The van der Waals surface area contributed by atoms with E-state index in [1.54, 1.807) is 29.2 Å². The van der Waals surface area contributed by atoms with E-state index in [9.17, 15) is 9.59 Å². The van der Waals surface area contributed by atoms with E-state index in [-0.39, 0.29) is 11.9 Å². The molecule has 2 aromatic rings. The number of anilines is 1. The Morgan fingerprint density at radius 2 is 1.92 bits per heavy atom. The lowest BCUT2D eigenvalue weighted by atomic mass is 10.2. The summed E-state index contributed by atoms with van der Waals surface area (Å²) in [5.74, 6) is 0.0942. The van der Waals surface area contributed by atoms with Crippen molar-refractivity contribution in [2.45, 2.75) is 12.8 Å². The fraction of sp³-hybridized carbons (Fsp3) is 0.333. The fourth-order valence-electron chi connectivity index (χ4n) is 2.89. The first kappa shape index (κ1) is 17.4. The highest BCUT2D eigenvalue weighted by Crippen LogP contribution is 2.16. The van der Waals surface area contributed by atoms with Gasteiger partial charge in [-0.05, 0) is 36.2 Å². The zero-order valence-corrected chi connectivity index (χ0v) is 14.6. The normalized spacial score (nSPS) is 14.9. The van der Waals surface area contributed by atoms with E-state index in [0.29, 0.717) is 43.3 Å². The van der Waals surface area contributed by atoms with Crippen LogP contribution in [0.1, 0.15) is 12.0 Å². The molecule has 0 bridgehead atoms. The Morgan fingerprint density at radius 3 is 2.68 bits per heavy atom. The van der Waals surface area contributed by atoms with Crippen LogP contribution in [0.15, 0.2) is 42.7 Å². The third-order valence-corrected chi connectivity index (χ3v) is 4.46. The first-order valence-corrected chi connectivity index (χ1v) is 8.70. The SMILES string of the molecule is O=C(Cc1cc[nH]c1)N1CCCN(C(=O)Nc2cccc(Cl)c2)CC1. The van der Waals surface area contributed by atoms with E-state index in [2.05, 4.69) is 10.3 Å². The van der Waals surface area contributed by atoms with E-state index < -0.39 is 0 Å². The number of amides is 3. The molecule has 1 aromatic heterocycles. The molecule has 0 radical (unpaired) electrons. The number of hydrogen-bond acceptors (Lipinski definition) is 2. The highest BCUT2D eigenvalue weighted by Gasteiger charge is 2.22. The van der Waals surface area contributed by atoms with Crippen molar-refractivity contribution in [3.05, 3.63) is 53.3 Å². The average Bonchev–Trinajstić information content (AvgIpc) is 2.95. The number of halogens is 1. The molecule has 1 aliphatic heterocycles. The van der Waals surface area contributed by atoms with Gasteiger partial charge in [-0.25, -0.2) is 4.79 Å². The number of nitrogens with zero attached hydrogens (tertiary/aromatic N) is 2. The molecule has 0 saturated carbocycles. The van der Waals surface area contributed by atoms with Crippen LogP contribution in [0.3, 0.4) is 0 Å². The fourth-order valence-corrected chi connectivity index (χ4v) is 3.08. The largest absolute Gasteiger partial charge is 0.367 e. The lowest BCUT2D eigenvalue weighted by Gasteiger charge is -2.22. The van der Waals surface area contributed by atoms with Crippen molar-refractivity contribution in [1.29, 1.82) is 0 Å². The monoisotopic (exact) mass is 360 g/mol. The summed E-state index contributed by atoms with van der Waals surface area (Å²) in [6.45, 7) is 2.36. The Morgan fingerprint density at radius 1 is 1.12 bits per heavy atom. The molecule has 1 saturated heterocycles. The van der Waals surface area contributed by atoms with Crippen molar-refractivity contribution in [2.24, 2.45) is 0 Å². The predicted octanol–water partition coefficient (Wildman–Crippen LogP) is 2.98. The van der Waals surface area contributed by atoms with Crippen LogP contribution >= 0.6 is 11.6 Å². The lowest BCUT2D eigenvalue weighted by Crippen LogP contribution is -2.39. The maximum Gasteiger partial charge on any atom is 0.321 e. The number of aromatic amines is 1. The molecule has 132 valence electrons. The second-order valence-electron chi connectivity index (χ2n) is 6.06. The van der Waals surface area contributed by atoms with Gasteiger partial charge >= 0.3 is 6.03 Å². The number of rotatable bonds is 3. The molecular weight excluding hydrogens is 340 g/mol. The van der Waals surface area contributed by atoms with Crippen molar-refractivity contribution in [3.8, 4) is 0 Å². The molecule has 6 nitrogen and oxygen atoms in total. The van der Waals surface area contributed by atoms with Crippen molar-refractivity contribution in [3.63, 3.8) is 0 Å². The lowest BCUT2D eigenvalue weighted by molar-refractivity contribution is -0.130. The van der Waals surface area contributed by atoms with Gasteiger partial charge in [-0.1, -0.05) is 17.7 Å². The molecule has 0 atom stereocenters. The molecule has 3 rings (SSSR count). The van der Waals surface area contributed by atoms with Crippen molar-refractivity contribution in [2.75, 3.05) is 31.5 Å². The van der Waals surface area contributed by atoms with Gasteiger partial charge in [-0.2, -0.15) is 0 Å². The van der Waals surface area contributed by atoms with E-state index in [4.69, 9.17) is 11.6 Å². The van der Waals surface area contributed by atoms with Crippen LogP contribution in [-0.2, 0) is 11.2 Å². The summed E-state index contributed by atoms with van der Waals surface area (Å²) < 4.78 is 0. The number of benzene rings is 1. The molecule has 1 fully saturated rings. The smallest absolute Gasteiger partial charge is 0.321 e. The van der Waals surface area contributed by atoms with Gasteiger partial charge in [0.15, 0.2) is 0 Å². The molecule has 0 aliphatic carbocycles. The van der Waals surface area contributed by atoms with Crippen LogP contribution in [0, 0.1) is 0 Å². The maximum absolute atomic E-state index is 12.4. The molecule has 1 aliphatic rings. The van der Waals surface area contributed by atoms with Gasteiger partial charge in [0, 0.05) is 49.3 Å². The number of nitrogens with one attached hydrogen (secondary N) is 2. The molecule has 7 heteroatoms. The molecular formula is C18H21ClN4O2. The first-order chi connectivity index (χ1) is 12.1. The van der Waals surface area contributed by atoms with Gasteiger partial charge in [0.1, 0.15) is 0 Å². The topological polar surface area (TPSA) is 68.4 Å². The van der Waals surface area contributed by atoms with Crippen LogP contribution in [0.25, 0.3) is 0 Å². The van der Waals surface area contributed by atoms with Crippen LogP contribution in [-0.4, -0.2) is 52.9 Å². The van der Waals surface area contributed by atoms with Crippen LogP contribution in [0.5, 0.6) is 0 Å². The van der Waals surface area contributed by atoms with Gasteiger partial charge in [-0.15, -0.1) is 0 Å². The molecule has 25 heavy (non-hydrogen) atoms. The summed E-state index contributed by atoms with van der Waals surface area (Å²) in [6.07, 6.45) is 4.80. The Bertz CT molecular complexity index is 732. The van der Waals surface area contributed by atoms with Crippen LogP contribution in [0.4, 0.5) is 10.5 Å². The highest BCUT2D eigenvalue weighted by atomic mass is 35.5. The number of carbonyl (C=O) groups excluding carboxylic acids is 2. The quantitative estimate of drug-likeness (QED) is 0.883. The highest BCUT2D eigenvalue weighted by molar-refractivity contribution is 6.30. The Kier molecular flexibility index (Phi) is 5.60. The third kappa shape index (κ3) is 4.76. The summed E-state index contributed by atoms with van der Waals surface area (Å²) in [5, 5.41) is 3.43. The zero-order valence-electron chi connectivity index (χ0n) is 13.9. The van der Waals surface area contributed by atoms with E-state index in [1.807, 2.05) is 23.4 Å². The predicted molar refractivity (Wildman–Crippen MR) is 97.7 cm³/mol. The Labute approximate surface area is 151 Å². The molecule has 1 aromatic carbocycles. The van der Waals surface area contributed by atoms with E-state index in [0.717, 1.165) is 12.0 Å². The Hall–Kier alpha value is -2.47. The van der Waals surface area contributed by atoms with Crippen molar-refractivity contribution in [1.82, 2.24) is 14.8 Å². The zero-order chi connectivity index (χ0) is 17.6. The van der Waals surface area contributed by atoms with Crippen molar-refractivity contribution >= 4 is 29.2 Å². The minimum absolute atomic E-state index is 0.0942. The van der Waals surface area contributed by atoms with Gasteiger partial charge in [0.25, 0.3) is 0 Å². The molecule has 2 N–H and O–H groups in total. The van der Waals surface area contributed by atoms with Gasteiger partial charge in [-0.3, -0.25) is 4.79 Å². The number of urea groups is 1. The third-order valence-electron chi connectivity index (χ3n) is 4.23. The number of hydrogen-bond donors (Lipinski definition) is 2. The van der Waals surface area contributed by atoms with E-state index in [1.165, 1.54) is 0 Å². The number of H-pyrrole nitrogens is 1. The van der Waals surface area contributed by atoms with Crippen LogP contribution in [0.2, 0.25) is 5.02 Å². The number of aromatic nitrogens is 1. The minimum Gasteiger partial charge on any atom is -0.367 e. The summed E-state index contributed by atoms with van der Waals surface area (Å²) in [4.78, 5) is 31.4. The second-order valence-corrected chi connectivity index (χ2v) is 6.49. The van der Waals surface area contributed by atoms with Crippen molar-refractivity contribution < 1.29 is 9.59 Å². The van der Waals surface area contributed by atoms with Crippen LogP contribution < -0.4 is 5.32 Å². The first-order valence-electron chi connectivity index (χ1n) is 8.33. The molecule has 0 unspecified atom stereocenters. The average molecular weight is 361 g/mol. The second kappa shape index (κ2) is 8.07. The van der Waals surface area contributed by atoms with E-state index >= 15 is 0 Å². The molecule has 2 heterocycles. The molecule has 3 amide bonds. The maximum atomic E-state index is 12.4. The summed E-state index contributed by atoms with van der Waals surface area (Å²) >= 11 is 5.94.